The van der Waals surface area contributed by atoms with E-state index in [9.17, 15) is 18.0 Å². The first kappa shape index (κ1) is 20.2. The lowest BCUT2D eigenvalue weighted by Gasteiger charge is -2.22. The molecule has 1 atom stereocenters. The Bertz CT molecular complexity index is 743. The fourth-order valence-electron chi connectivity index (χ4n) is 2.72. The Balaban J connectivity index is 2.01. The molecule has 1 N–H and O–H groups in total. The van der Waals surface area contributed by atoms with Gasteiger partial charge in [0.25, 0.3) is 0 Å². The number of anilines is 1. The van der Waals surface area contributed by atoms with Crippen molar-refractivity contribution in [3.05, 3.63) is 29.8 Å². The van der Waals surface area contributed by atoms with E-state index >= 15 is 0 Å². The van der Waals surface area contributed by atoms with Gasteiger partial charge >= 0.3 is 5.97 Å². The van der Waals surface area contributed by atoms with E-state index in [1.165, 1.54) is 19.2 Å². The lowest BCUT2D eigenvalue weighted by Crippen LogP contribution is -2.37. The van der Waals surface area contributed by atoms with E-state index in [-0.39, 0.29) is 30.5 Å². The molecule has 1 aromatic rings. The number of ether oxygens (including phenoxy) is 2. The van der Waals surface area contributed by atoms with E-state index in [2.05, 4.69) is 10.1 Å². The number of carbonyl (C=O) groups excluding carboxylic acids is 2. The predicted molar refractivity (Wildman–Crippen MR) is 96.6 cm³/mol. The van der Waals surface area contributed by atoms with Crippen molar-refractivity contribution < 1.29 is 27.5 Å². The first-order chi connectivity index (χ1) is 12.3. The normalized spacial score (nSPS) is 16.9. The van der Waals surface area contributed by atoms with E-state index in [0.29, 0.717) is 18.8 Å². The van der Waals surface area contributed by atoms with Gasteiger partial charge in [-0.15, -0.1) is 0 Å². The Morgan fingerprint density at radius 3 is 2.77 bits per heavy atom. The molecule has 2 rings (SSSR count). The number of sulfonamides is 1. The highest BCUT2D eigenvalue weighted by molar-refractivity contribution is 7.92. The number of rotatable bonds is 8. The number of benzene rings is 1. The van der Waals surface area contributed by atoms with Gasteiger partial charge in [-0.2, -0.15) is 0 Å². The molecule has 0 saturated carbocycles. The third-order valence-corrected chi connectivity index (χ3v) is 5.24. The standard InChI is InChI=1S/C17H24N2O6S/c1-24-17(21)13-5-3-6-14(11-13)19(26(2,22)23)9-8-16(20)18-12-15-7-4-10-25-15/h3,5-6,11,15H,4,7-10,12H2,1-2H3,(H,18,20). The molecule has 1 aliphatic heterocycles. The van der Waals surface area contributed by atoms with Crippen LogP contribution < -0.4 is 9.62 Å². The summed E-state index contributed by atoms with van der Waals surface area (Å²) >= 11 is 0. The van der Waals surface area contributed by atoms with Crippen LogP contribution in [0.4, 0.5) is 5.69 Å². The Kier molecular flexibility index (Phi) is 6.98. The molecular weight excluding hydrogens is 360 g/mol. The van der Waals surface area contributed by atoms with Gasteiger partial charge < -0.3 is 14.8 Å². The first-order valence-corrected chi connectivity index (χ1v) is 10.2. The smallest absolute Gasteiger partial charge is 0.337 e. The number of hydrogen-bond acceptors (Lipinski definition) is 6. The number of carbonyl (C=O) groups is 2. The Morgan fingerprint density at radius 1 is 1.38 bits per heavy atom. The average molecular weight is 384 g/mol. The maximum absolute atomic E-state index is 12.1. The van der Waals surface area contributed by atoms with E-state index in [1.54, 1.807) is 12.1 Å². The molecule has 0 bridgehead atoms. The lowest BCUT2D eigenvalue weighted by atomic mass is 10.2. The maximum atomic E-state index is 12.1. The summed E-state index contributed by atoms with van der Waals surface area (Å²) in [5.41, 5.74) is 0.545. The fraction of sp³-hybridized carbons (Fsp3) is 0.529. The van der Waals surface area contributed by atoms with Crippen LogP contribution in [-0.4, -0.2) is 59.5 Å². The van der Waals surface area contributed by atoms with Crippen LogP contribution in [0.5, 0.6) is 0 Å². The number of esters is 1. The summed E-state index contributed by atoms with van der Waals surface area (Å²) in [6, 6.07) is 6.09. The maximum Gasteiger partial charge on any atom is 0.337 e. The van der Waals surface area contributed by atoms with Crippen LogP contribution >= 0.6 is 0 Å². The van der Waals surface area contributed by atoms with E-state index in [1.807, 2.05) is 0 Å². The molecule has 26 heavy (non-hydrogen) atoms. The van der Waals surface area contributed by atoms with Gasteiger partial charge in [0.2, 0.25) is 15.9 Å². The van der Waals surface area contributed by atoms with Crippen LogP contribution in [-0.2, 0) is 24.3 Å². The number of nitrogens with zero attached hydrogens (tertiary/aromatic N) is 1. The zero-order valence-electron chi connectivity index (χ0n) is 14.9. The molecule has 9 heteroatoms. The summed E-state index contributed by atoms with van der Waals surface area (Å²) < 4.78 is 35.4. The Labute approximate surface area is 153 Å². The summed E-state index contributed by atoms with van der Waals surface area (Å²) in [6.45, 7) is 1.11. The molecule has 1 aliphatic rings. The largest absolute Gasteiger partial charge is 0.465 e. The summed E-state index contributed by atoms with van der Waals surface area (Å²) in [5, 5.41) is 2.76. The Morgan fingerprint density at radius 2 is 2.15 bits per heavy atom. The molecule has 1 aromatic carbocycles. The van der Waals surface area contributed by atoms with Crippen LogP contribution in [0.15, 0.2) is 24.3 Å². The van der Waals surface area contributed by atoms with Crippen LogP contribution in [0.25, 0.3) is 0 Å². The highest BCUT2D eigenvalue weighted by Crippen LogP contribution is 2.20. The molecule has 1 amide bonds. The monoisotopic (exact) mass is 384 g/mol. The van der Waals surface area contributed by atoms with Gasteiger partial charge in [0.15, 0.2) is 0 Å². The van der Waals surface area contributed by atoms with Gasteiger partial charge in [0, 0.05) is 26.1 Å². The third-order valence-electron chi connectivity index (χ3n) is 4.05. The molecule has 1 fully saturated rings. The van der Waals surface area contributed by atoms with Crippen LogP contribution in [0.2, 0.25) is 0 Å². The van der Waals surface area contributed by atoms with Crippen molar-refractivity contribution in [2.45, 2.75) is 25.4 Å². The van der Waals surface area contributed by atoms with Crippen molar-refractivity contribution in [2.75, 3.05) is 37.4 Å². The molecule has 0 radical (unpaired) electrons. The molecule has 0 aromatic heterocycles. The van der Waals surface area contributed by atoms with Crippen LogP contribution in [0.3, 0.4) is 0 Å². The van der Waals surface area contributed by atoms with Crippen molar-refractivity contribution in [3.63, 3.8) is 0 Å². The molecular formula is C17H24N2O6S. The Hall–Kier alpha value is -2.13. The SMILES string of the molecule is COC(=O)c1cccc(N(CCC(=O)NCC2CCCO2)S(C)(=O)=O)c1. The van der Waals surface area contributed by atoms with Gasteiger partial charge in [-0.25, -0.2) is 13.2 Å². The summed E-state index contributed by atoms with van der Waals surface area (Å²) in [4.78, 5) is 23.7. The molecule has 1 saturated heterocycles. The highest BCUT2D eigenvalue weighted by Gasteiger charge is 2.21. The summed E-state index contributed by atoms with van der Waals surface area (Å²) in [5.74, 6) is -0.812. The number of nitrogens with one attached hydrogen (secondary N) is 1. The lowest BCUT2D eigenvalue weighted by molar-refractivity contribution is -0.121. The van der Waals surface area contributed by atoms with E-state index < -0.39 is 16.0 Å². The second-order valence-electron chi connectivity index (χ2n) is 6.07. The molecule has 1 unspecified atom stereocenters. The van der Waals surface area contributed by atoms with E-state index in [0.717, 1.165) is 23.4 Å². The molecule has 0 spiro atoms. The minimum atomic E-state index is -3.62. The van der Waals surface area contributed by atoms with Gasteiger partial charge in [0.1, 0.15) is 0 Å². The second-order valence-corrected chi connectivity index (χ2v) is 7.97. The first-order valence-electron chi connectivity index (χ1n) is 8.35. The summed E-state index contributed by atoms with van der Waals surface area (Å²) in [7, 11) is -2.37. The highest BCUT2D eigenvalue weighted by atomic mass is 32.2. The number of hydrogen-bond donors (Lipinski definition) is 1. The fourth-order valence-corrected chi connectivity index (χ4v) is 3.64. The quantitative estimate of drug-likeness (QED) is 0.669. The molecule has 1 heterocycles. The number of methoxy groups -OCH3 is 1. The second kappa shape index (κ2) is 9.00. The van der Waals surface area contributed by atoms with Crippen molar-refractivity contribution in [1.29, 1.82) is 0 Å². The van der Waals surface area contributed by atoms with E-state index in [4.69, 9.17) is 4.74 Å². The van der Waals surface area contributed by atoms with Crippen molar-refractivity contribution >= 4 is 27.6 Å². The molecule has 0 aliphatic carbocycles. The minimum Gasteiger partial charge on any atom is -0.465 e. The van der Waals surface area contributed by atoms with Gasteiger partial charge in [-0.3, -0.25) is 9.10 Å². The third kappa shape index (κ3) is 5.70. The van der Waals surface area contributed by atoms with Crippen LogP contribution in [0, 0.1) is 0 Å². The van der Waals surface area contributed by atoms with Crippen molar-refractivity contribution in [1.82, 2.24) is 5.32 Å². The van der Waals surface area contributed by atoms with Gasteiger partial charge in [0.05, 0.1) is 30.7 Å². The van der Waals surface area contributed by atoms with Gasteiger partial charge in [-0.1, -0.05) is 6.07 Å². The zero-order valence-corrected chi connectivity index (χ0v) is 15.8. The summed E-state index contributed by atoms with van der Waals surface area (Å²) in [6.07, 6.45) is 2.99. The van der Waals surface area contributed by atoms with Crippen molar-refractivity contribution in [3.8, 4) is 0 Å². The number of amides is 1. The van der Waals surface area contributed by atoms with Crippen molar-refractivity contribution in [2.24, 2.45) is 0 Å². The van der Waals surface area contributed by atoms with Gasteiger partial charge in [-0.05, 0) is 31.0 Å². The molecule has 144 valence electrons. The van der Waals surface area contributed by atoms with Crippen LogP contribution in [0.1, 0.15) is 29.6 Å². The minimum absolute atomic E-state index is 0.00222. The molecule has 8 nitrogen and oxygen atoms in total. The topological polar surface area (TPSA) is 102 Å². The predicted octanol–water partition coefficient (Wildman–Crippen LogP) is 0.924. The average Bonchev–Trinajstić information content (AvgIpc) is 3.12. The zero-order chi connectivity index (χ0) is 19.2.